The number of ether oxygens (including phenoxy) is 1. The van der Waals surface area contributed by atoms with Crippen molar-refractivity contribution >= 4 is 11.6 Å². The van der Waals surface area contributed by atoms with Crippen molar-refractivity contribution in [2.45, 2.75) is 26.4 Å². The Labute approximate surface area is 137 Å². The molecule has 0 saturated heterocycles. The second kappa shape index (κ2) is 7.84. The number of hydrogen-bond acceptors (Lipinski definition) is 3. The van der Waals surface area contributed by atoms with Gasteiger partial charge < -0.3 is 4.74 Å². The third kappa shape index (κ3) is 4.36. The molecule has 3 heteroatoms. The van der Waals surface area contributed by atoms with Crippen molar-refractivity contribution < 1.29 is 14.3 Å². The molecule has 2 rings (SSSR count). The van der Waals surface area contributed by atoms with Gasteiger partial charge in [0.2, 0.25) is 0 Å². The van der Waals surface area contributed by atoms with Crippen LogP contribution < -0.4 is 0 Å². The fraction of sp³-hybridized carbons (Fsp3) is 0.300. The molecule has 1 atom stereocenters. The molecule has 2 aromatic rings. The number of ketones is 2. The van der Waals surface area contributed by atoms with Crippen molar-refractivity contribution in [2.75, 3.05) is 7.11 Å². The number of rotatable bonds is 7. The van der Waals surface area contributed by atoms with E-state index in [1.165, 1.54) is 0 Å². The second-order valence-corrected chi connectivity index (χ2v) is 5.91. The Bertz CT molecular complexity index is 657. The van der Waals surface area contributed by atoms with Crippen LogP contribution in [0.3, 0.4) is 0 Å². The molecular weight excluding hydrogens is 288 g/mol. The number of carbonyl (C=O) groups is 2. The van der Waals surface area contributed by atoms with Gasteiger partial charge in [-0.25, -0.2) is 0 Å². The lowest BCUT2D eigenvalue weighted by Gasteiger charge is -2.19. The van der Waals surface area contributed by atoms with E-state index in [1.54, 1.807) is 43.5 Å². The predicted molar refractivity (Wildman–Crippen MR) is 90.8 cm³/mol. The summed E-state index contributed by atoms with van der Waals surface area (Å²) in [5, 5.41) is 0. The molecule has 23 heavy (non-hydrogen) atoms. The zero-order valence-electron chi connectivity index (χ0n) is 13.8. The molecule has 0 bridgehead atoms. The summed E-state index contributed by atoms with van der Waals surface area (Å²) in [6, 6.07) is 16.2. The lowest BCUT2D eigenvalue weighted by Crippen LogP contribution is -2.11. The maximum absolute atomic E-state index is 12.3. The van der Waals surface area contributed by atoms with E-state index in [9.17, 15) is 9.59 Å². The maximum Gasteiger partial charge on any atom is 0.170 e. The van der Waals surface area contributed by atoms with E-state index >= 15 is 0 Å². The molecular formula is C20H22O3. The molecule has 0 aromatic heterocycles. The minimum Gasteiger partial charge on any atom is -0.376 e. The summed E-state index contributed by atoms with van der Waals surface area (Å²) in [7, 11) is 1.68. The second-order valence-electron chi connectivity index (χ2n) is 5.91. The van der Waals surface area contributed by atoms with Crippen molar-refractivity contribution in [1.82, 2.24) is 0 Å². The smallest absolute Gasteiger partial charge is 0.170 e. The largest absolute Gasteiger partial charge is 0.376 e. The van der Waals surface area contributed by atoms with Gasteiger partial charge >= 0.3 is 0 Å². The normalized spacial score (nSPS) is 12.2. The number of hydrogen-bond donors (Lipinski definition) is 0. The molecule has 1 unspecified atom stereocenters. The molecule has 0 spiro atoms. The van der Waals surface area contributed by atoms with Gasteiger partial charge in [-0.1, -0.05) is 68.4 Å². The predicted octanol–water partition coefficient (Wildman–Crippen LogP) is 4.49. The van der Waals surface area contributed by atoms with Crippen LogP contribution in [-0.4, -0.2) is 18.7 Å². The quantitative estimate of drug-likeness (QED) is 0.559. The van der Waals surface area contributed by atoms with Crippen molar-refractivity contribution in [3.8, 4) is 0 Å². The van der Waals surface area contributed by atoms with Crippen molar-refractivity contribution in [3.05, 3.63) is 71.3 Å². The number of benzene rings is 2. The number of carbonyl (C=O) groups excluding carboxylic acids is 2. The monoisotopic (exact) mass is 310 g/mol. The minimum absolute atomic E-state index is 0.00472. The standard InChI is InChI=1S/C20H22O3/c1-14(2)20(23-3)17-11-9-16(10-12-17)19(22)13-18(21)15-7-5-4-6-8-15/h4-12,14,20H,13H2,1-3H3. The first-order valence-electron chi connectivity index (χ1n) is 7.77. The van der Waals surface area contributed by atoms with Crippen LogP contribution in [0, 0.1) is 5.92 Å². The van der Waals surface area contributed by atoms with Crippen LogP contribution in [0.1, 0.15) is 52.7 Å². The van der Waals surface area contributed by atoms with E-state index in [4.69, 9.17) is 4.74 Å². The Morgan fingerprint density at radius 2 is 1.39 bits per heavy atom. The van der Waals surface area contributed by atoms with Gasteiger partial charge in [-0.3, -0.25) is 9.59 Å². The van der Waals surface area contributed by atoms with Gasteiger partial charge in [-0.05, 0) is 11.5 Å². The van der Waals surface area contributed by atoms with E-state index < -0.39 is 0 Å². The van der Waals surface area contributed by atoms with Crippen LogP contribution in [-0.2, 0) is 4.74 Å². The highest BCUT2D eigenvalue weighted by Crippen LogP contribution is 2.25. The van der Waals surface area contributed by atoms with Gasteiger partial charge in [-0.2, -0.15) is 0 Å². The van der Waals surface area contributed by atoms with E-state index in [0.29, 0.717) is 17.0 Å². The Morgan fingerprint density at radius 1 is 0.870 bits per heavy atom. The molecule has 2 aromatic carbocycles. The summed E-state index contributed by atoms with van der Waals surface area (Å²) in [6.07, 6.45) is -0.105. The van der Waals surface area contributed by atoms with Crippen LogP contribution in [0.25, 0.3) is 0 Å². The fourth-order valence-corrected chi connectivity index (χ4v) is 2.63. The zero-order chi connectivity index (χ0) is 16.8. The van der Waals surface area contributed by atoms with E-state index in [0.717, 1.165) is 5.56 Å². The topological polar surface area (TPSA) is 43.4 Å². The molecule has 0 aliphatic carbocycles. The Hall–Kier alpha value is -2.26. The van der Waals surface area contributed by atoms with Crippen LogP contribution in [0.4, 0.5) is 0 Å². The molecule has 120 valence electrons. The molecule has 0 amide bonds. The highest BCUT2D eigenvalue weighted by atomic mass is 16.5. The molecule has 0 radical (unpaired) electrons. The van der Waals surface area contributed by atoms with Crippen LogP contribution in [0.5, 0.6) is 0 Å². The van der Waals surface area contributed by atoms with E-state index in [2.05, 4.69) is 13.8 Å². The first-order chi connectivity index (χ1) is 11.0. The highest BCUT2D eigenvalue weighted by molar-refractivity contribution is 6.13. The van der Waals surface area contributed by atoms with Crippen LogP contribution in [0.15, 0.2) is 54.6 Å². The molecule has 3 nitrogen and oxygen atoms in total. The lowest BCUT2D eigenvalue weighted by molar-refractivity contribution is 0.0646. The summed E-state index contributed by atoms with van der Waals surface area (Å²) >= 11 is 0. The Balaban J connectivity index is 2.07. The lowest BCUT2D eigenvalue weighted by atomic mass is 9.96. The fourth-order valence-electron chi connectivity index (χ4n) is 2.63. The average molecular weight is 310 g/mol. The minimum atomic E-state index is -0.163. The molecule has 0 saturated carbocycles. The third-order valence-corrected chi connectivity index (χ3v) is 3.84. The van der Waals surface area contributed by atoms with Crippen LogP contribution >= 0.6 is 0 Å². The van der Waals surface area contributed by atoms with Crippen molar-refractivity contribution in [3.63, 3.8) is 0 Å². The van der Waals surface area contributed by atoms with Gasteiger partial charge in [0.25, 0.3) is 0 Å². The molecule has 0 N–H and O–H groups in total. The summed E-state index contributed by atoms with van der Waals surface area (Å²) < 4.78 is 5.48. The summed E-state index contributed by atoms with van der Waals surface area (Å²) in [5.74, 6) is 0.0294. The van der Waals surface area contributed by atoms with Crippen molar-refractivity contribution in [2.24, 2.45) is 5.92 Å². The number of methoxy groups -OCH3 is 1. The molecule has 0 heterocycles. The van der Waals surface area contributed by atoms with E-state index in [-0.39, 0.29) is 24.1 Å². The average Bonchev–Trinajstić information content (AvgIpc) is 2.56. The molecule has 0 aliphatic rings. The Kier molecular flexibility index (Phi) is 5.83. The summed E-state index contributed by atoms with van der Waals surface area (Å²) in [5.41, 5.74) is 2.15. The van der Waals surface area contributed by atoms with Gasteiger partial charge in [0.15, 0.2) is 11.6 Å². The zero-order valence-corrected chi connectivity index (χ0v) is 13.8. The highest BCUT2D eigenvalue weighted by Gasteiger charge is 2.17. The van der Waals surface area contributed by atoms with Gasteiger partial charge in [0.1, 0.15) is 0 Å². The SMILES string of the molecule is COC(c1ccc(C(=O)CC(=O)c2ccccc2)cc1)C(C)C. The number of Topliss-reactive ketones (excluding diaryl/α,β-unsaturated/α-hetero) is 2. The summed E-state index contributed by atoms with van der Waals surface area (Å²) in [4.78, 5) is 24.4. The third-order valence-electron chi connectivity index (χ3n) is 3.84. The Morgan fingerprint density at radius 3 is 1.87 bits per heavy atom. The van der Waals surface area contributed by atoms with Gasteiger partial charge in [0.05, 0.1) is 12.5 Å². The molecule has 0 fully saturated rings. The molecule has 0 aliphatic heterocycles. The van der Waals surface area contributed by atoms with Gasteiger partial charge in [-0.15, -0.1) is 0 Å². The van der Waals surface area contributed by atoms with Crippen LogP contribution in [0.2, 0.25) is 0 Å². The maximum atomic E-state index is 12.3. The van der Waals surface area contributed by atoms with Gasteiger partial charge in [0, 0.05) is 18.2 Å². The van der Waals surface area contributed by atoms with E-state index in [1.807, 2.05) is 18.2 Å². The van der Waals surface area contributed by atoms with Crippen molar-refractivity contribution in [1.29, 1.82) is 0 Å². The first kappa shape index (κ1) is 17.1. The first-order valence-corrected chi connectivity index (χ1v) is 7.77. The summed E-state index contributed by atoms with van der Waals surface area (Å²) in [6.45, 7) is 4.18.